The number of hydrogen-bond acceptors (Lipinski definition) is 2. The van der Waals surface area contributed by atoms with Crippen LogP contribution in [0.1, 0.15) is 30.9 Å². The predicted molar refractivity (Wildman–Crippen MR) is 73.0 cm³/mol. The number of nitrogens with one attached hydrogen (secondary N) is 1. The zero-order chi connectivity index (χ0) is 13.8. The fraction of sp³-hybridized carbons (Fsp3) is 0.600. The first-order valence-corrected chi connectivity index (χ1v) is 6.93. The standard InChI is InChI=1S/C15H22F2N2/c1-18-10-12-5-3-4-8-19(2)15(12)11-6-7-13(16)14(17)9-11/h6-7,9,12,15,18H,3-5,8,10H2,1-2H3. The maximum Gasteiger partial charge on any atom is 0.159 e. The summed E-state index contributed by atoms with van der Waals surface area (Å²) in [6, 6.07) is 4.46. The summed E-state index contributed by atoms with van der Waals surface area (Å²) in [5.41, 5.74) is 0.878. The fourth-order valence-corrected chi connectivity index (χ4v) is 3.12. The second-order valence-electron chi connectivity index (χ2n) is 5.41. The number of rotatable bonds is 3. The Labute approximate surface area is 113 Å². The van der Waals surface area contributed by atoms with Crippen LogP contribution >= 0.6 is 0 Å². The van der Waals surface area contributed by atoms with Gasteiger partial charge >= 0.3 is 0 Å². The van der Waals surface area contributed by atoms with Crippen molar-refractivity contribution in [2.45, 2.75) is 25.3 Å². The smallest absolute Gasteiger partial charge is 0.159 e. The molecule has 1 N–H and O–H groups in total. The lowest BCUT2D eigenvalue weighted by atomic mass is 9.89. The maximum absolute atomic E-state index is 13.5. The molecule has 106 valence electrons. The van der Waals surface area contributed by atoms with Crippen LogP contribution < -0.4 is 5.32 Å². The minimum absolute atomic E-state index is 0.157. The molecule has 0 aromatic heterocycles. The molecule has 4 heteroatoms. The van der Waals surface area contributed by atoms with Gasteiger partial charge in [0.25, 0.3) is 0 Å². The van der Waals surface area contributed by atoms with Gasteiger partial charge in [-0.1, -0.05) is 12.5 Å². The van der Waals surface area contributed by atoms with E-state index in [1.165, 1.54) is 18.6 Å². The third kappa shape index (κ3) is 3.31. The maximum atomic E-state index is 13.5. The van der Waals surface area contributed by atoms with E-state index in [0.717, 1.165) is 31.5 Å². The summed E-state index contributed by atoms with van der Waals surface area (Å²) in [7, 11) is 4.01. The first kappa shape index (κ1) is 14.4. The number of halogens is 2. The molecule has 1 aromatic carbocycles. The molecular weight excluding hydrogens is 246 g/mol. The Balaban J connectivity index is 2.31. The van der Waals surface area contributed by atoms with Crippen molar-refractivity contribution in [3.05, 3.63) is 35.4 Å². The molecule has 2 nitrogen and oxygen atoms in total. The van der Waals surface area contributed by atoms with E-state index in [2.05, 4.69) is 17.3 Å². The molecule has 1 saturated heterocycles. The van der Waals surface area contributed by atoms with Gasteiger partial charge in [0.2, 0.25) is 0 Å². The molecule has 19 heavy (non-hydrogen) atoms. The minimum Gasteiger partial charge on any atom is -0.319 e. The van der Waals surface area contributed by atoms with Crippen molar-refractivity contribution in [1.82, 2.24) is 10.2 Å². The van der Waals surface area contributed by atoms with Crippen LogP contribution in [0.15, 0.2) is 18.2 Å². The number of hydrogen-bond donors (Lipinski definition) is 1. The van der Waals surface area contributed by atoms with Crippen molar-refractivity contribution < 1.29 is 8.78 Å². The summed E-state index contributed by atoms with van der Waals surface area (Å²) < 4.78 is 26.6. The highest BCUT2D eigenvalue weighted by atomic mass is 19.2. The molecule has 0 saturated carbocycles. The van der Waals surface area contributed by atoms with Gasteiger partial charge in [0.15, 0.2) is 11.6 Å². The van der Waals surface area contributed by atoms with Crippen molar-refractivity contribution >= 4 is 0 Å². The SMILES string of the molecule is CNCC1CCCCN(C)C1c1ccc(F)c(F)c1. The molecule has 0 spiro atoms. The van der Waals surface area contributed by atoms with Crippen molar-refractivity contribution in [2.24, 2.45) is 5.92 Å². The first-order chi connectivity index (χ1) is 9.13. The Morgan fingerprint density at radius 1 is 1.26 bits per heavy atom. The van der Waals surface area contributed by atoms with Gasteiger partial charge in [-0.2, -0.15) is 0 Å². The van der Waals surface area contributed by atoms with Gasteiger partial charge in [-0.15, -0.1) is 0 Å². The van der Waals surface area contributed by atoms with Gasteiger partial charge in [0, 0.05) is 6.04 Å². The van der Waals surface area contributed by atoms with Crippen LogP contribution in [0.2, 0.25) is 0 Å². The second kappa shape index (κ2) is 6.44. The molecule has 0 amide bonds. The lowest BCUT2D eigenvalue weighted by molar-refractivity contribution is 0.190. The monoisotopic (exact) mass is 268 g/mol. The predicted octanol–water partition coefficient (Wildman–Crippen LogP) is 2.96. The lowest BCUT2D eigenvalue weighted by Gasteiger charge is -2.32. The Hall–Kier alpha value is -1.00. The van der Waals surface area contributed by atoms with Crippen LogP contribution in [0.25, 0.3) is 0 Å². The molecule has 1 fully saturated rings. The van der Waals surface area contributed by atoms with Gasteiger partial charge in [-0.3, -0.25) is 4.90 Å². The molecule has 0 bridgehead atoms. The largest absolute Gasteiger partial charge is 0.319 e. The van der Waals surface area contributed by atoms with Crippen molar-refractivity contribution in [3.8, 4) is 0 Å². The molecule has 2 atom stereocenters. The highest BCUT2D eigenvalue weighted by Crippen LogP contribution is 2.34. The average Bonchev–Trinajstić information content (AvgIpc) is 2.56. The lowest BCUT2D eigenvalue weighted by Crippen LogP contribution is -2.34. The van der Waals surface area contributed by atoms with Crippen LogP contribution in [-0.2, 0) is 0 Å². The minimum atomic E-state index is -0.773. The van der Waals surface area contributed by atoms with E-state index in [0.29, 0.717) is 5.92 Å². The highest BCUT2D eigenvalue weighted by molar-refractivity contribution is 5.22. The third-order valence-corrected chi connectivity index (χ3v) is 4.01. The average molecular weight is 268 g/mol. The summed E-state index contributed by atoms with van der Waals surface area (Å²) in [5, 5.41) is 3.22. The van der Waals surface area contributed by atoms with Crippen LogP contribution in [0.4, 0.5) is 8.78 Å². The van der Waals surface area contributed by atoms with Crippen molar-refractivity contribution in [2.75, 3.05) is 27.2 Å². The fourth-order valence-electron chi connectivity index (χ4n) is 3.12. The van der Waals surface area contributed by atoms with E-state index in [-0.39, 0.29) is 6.04 Å². The molecule has 0 radical (unpaired) electrons. The summed E-state index contributed by atoms with van der Waals surface area (Å²) in [4.78, 5) is 2.27. The summed E-state index contributed by atoms with van der Waals surface area (Å²) in [6.07, 6.45) is 3.47. The molecule has 2 rings (SSSR count). The van der Waals surface area contributed by atoms with E-state index >= 15 is 0 Å². The topological polar surface area (TPSA) is 15.3 Å². The Morgan fingerprint density at radius 3 is 2.74 bits per heavy atom. The normalized spacial score (nSPS) is 25.3. The Bertz CT molecular complexity index is 423. The van der Waals surface area contributed by atoms with Crippen LogP contribution in [0, 0.1) is 17.6 Å². The van der Waals surface area contributed by atoms with Crippen LogP contribution in [0.5, 0.6) is 0 Å². The summed E-state index contributed by atoms with van der Waals surface area (Å²) in [5.74, 6) is -1.09. The van der Waals surface area contributed by atoms with E-state index in [1.54, 1.807) is 6.07 Å². The van der Waals surface area contributed by atoms with Crippen molar-refractivity contribution in [1.29, 1.82) is 0 Å². The number of benzene rings is 1. The molecule has 1 heterocycles. The molecule has 1 aromatic rings. The molecule has 0 aliphatic carbocycles. The van der Waals surface area contributed by atoms with Gasteiger partial charge in [-0.05, 0) is 63.6 Å². The number of likely N-dealkylation sites (tertiary alicyclic amines) is 1. The molecule has 2 unspecified atom stereocenters. The molecular formula is C15H22F2N2. The molecule has 1 aliphatic rings. The summed E-state index contributed by atoms with van der Waals surface area (Å²) >= 11 is 0. The zero-order valence-corrected chi connectivity index (χ0v) is 11.6. The first-order valence-electron chi connectivity index (χ1n) is 6.93. The summed E-state index contributed by atoms with van der Waals surface area (Å²) in [6.45, 7) is 1.90. The Kier molecular flexibility index (Phi) is 4.88. The highest BCUT2D eigenvalue weighted by Gasteiger charge is 2.29. The molecule has 1 aliphatic heterocycles. The van der Waals surface area contributed by atoms with Gasteiger partial charge < -0.3 is 5.32 Å². The number of nitrogens with zero attached hydrogens (tertiary/aromatic N) is 1. The van der Waals surface area contributed by atoms with Crippen molar-refractivity contribution in [3.63, 3.8) is 0 Å². The van der Waals surface area contributed by atoms with E-state index in [9.17, 15) is 8.78 Å². The third-order valence-electron chi connectivity index (χ3n) is 4.01. The van der Waals surface area contributed by atoms with E-state index in [1.807, 2.05) is 7.05 Å². The van der Waals surface area contributed by atoms with Crippen LogP contribution in [0.3, 0.4) is 0 Å². The van der Waals surface area contributed by atoms with Gasteiger partial charge in [-0.25, -0.2) is 8.78 Å². The zero-order valence-electron chi connectivity index (χ0n) is 11.6. The quantitative estimate of drug-likeness (QED) is 0.906. The van der Waals surface area contributed by atoms with E-state index < -0.39 is 11.6 Å². The second-order valence-corrected chi connectivity index (χ2v) is 5.41. The van der Waals surface area contributed by atoms with E-state index in [4.69, 9.17) is 0 Å². The van der Waals surface area contributed by atoms with Crippen LogP contribution in [-0.4, -0.2) is 32.1 Å². The van der Waals surface area contributed by atoms with Gasteiger partial charge in [0.05, 0.1) is 0 Å². The Morgan fingerprint density at radius 2 is 2.05 bits per heavy atom. The van der Waals surface area contributed by atoms with Gasteiger partial charge in [0.1, 0.15) is 0 Å².